The zero-order valence-electron chi connectivity index (χ0n) is 13.9. The van der Waals surface area contributed by atoms with E-state index < -0.39 is 0 Å². The summed E-state index contributed by atoms with van der Waals surface area (Å²) in [5.74, 6) is 0.764. The van der Waals surface area contributed by atoms with Crippen molar-refractivity contribution in [3.8, 4) is 5.88 Å². The van der Waals surface area contributed by atoms with Crippen molar-refractivity contribution in [2.75, 3.05) is 26.9 Å². The van der Waals surface area contributed by atoms with Crippen LogP contribution in [-0.4, -0.2) is 48.6 Å². The molecule has 24 heavy (non-hydrogen) atoms. The van der Waals surface area contributed by atoms with E-state index in [1.807, 2.05) is 48.7 Å². The maximum Gasteiger partial charge on any atom is 0.212 e. The van der Waals surface area contributed by atoms with Crippen LogP contribution in [0.15, 0.2) is 48.7 Å². The van der Waals surface area contributed by atoms with Gasteiger partial charge < -0.3 is 9.47 Å². The molecule has 0 aliphatic carbocycles. The molecule has 1 fully saturated rings. The minimum absolute atomic E-state index is 0.0913. The quantitative estimate of drug-likeness (QED) is 0.764. The highest BCUT2D eigenvalue weighted by Gasteiger charge is 2.25. The predicted octanol–water partition coefficient (Wildman–Crippen LogP) is 2.56. The summed E-state index contributed by atoms with van der Waals surface area (Å²) in [5, 5.41) is 0. The lowest BCUT2D eigenvalue weighted by atomic mass is 10.0. The Bertz CT molecular complexity index is 658. The first-order valence-electron chi connectivity index (χ1n) is 8.15. The summed E-state index contributed by atoms with van der Waals surface area (Å²) in [4.78, 5) is 19.0. The summed E-state index contributed by atoms with van der Waals surface area (Å²) in [6.07, 6.45) is 2.29. The van der Waals surface area contributed by atoms with Gasteiger partial charge in [-0.2, -0.15) is 0 Å². The van der Waals surface area contributed by atoms with E-state index in [4.69, 9.17) is 9.47 Å². The van der Waals surface area contributed by atoms with Crippen LogP contribution >= 0.6 is 0 Å². The zero-order valence-corrected chi connectivity index (χ0v) is 13.9. The number of ketones is 1. The maximum absolute atomic E-state index is 12.5. The van der Waals surface area contributed by atoms with Gasteiger partial charge >= 0.3 is 0 Å². The number of benzene rings is 1. The van der Waals surface area contributed by atoms with Crippen molar-refractivity contribution >= 4 is 5.78 Å². The van der Waals surface area contributed by atoms with Crippen LogP contribution in [0.25, 0.3) is 0 Å². The number of nitrogens with zero attached hydrogens (tertiary/aromatic N) is 2. The molecule has 1 aliphatic rings. The molecule has 0 amide bonds. The topological polar surface area (TPSA) is 51.7 Å². The molecule has 1 aromatic carbocycles. The van der Waals surface area contributed by atoms with Crippen LogP contribution in [0, 0.1) is 0 Å². The highest BCUT2D eigenvalue weighted by molar-refractivity contribution is 5.96. The molecule has 0 unspecified atom stereocenters. The average molecular weight is 326 g/mol. The molecule has 0 spiro atoms. The molecule has 126 valence electrons. The number of hydrogen-bond donors (Lipinski definition) is 0. The molecule has 0 N–H and O–H groups in total. The summed E-state index contributed by atoms with van der Waals surface area (Å²) in [6.45, 7) is 2.85. The van der Waals surface area contributed by atoms with Gasteiger partial charge in [-0.1, -0.05) is 36.4 Å². The number of hydrogen-bond acceptors (Lipinski definition) is 5. The molecule has 1 aliphatic heterocycles. The number of methoxy groups -OCH3 is 1. The lowest BCUT2D eigenvalue weighted by Gasteiger charge is -2.35. The minimum atomic E-state index is 0.0913. The van der Waals surface area contributed by atoms with E-state index in [2.05, 4.69) is 9.88 Å². The van der Waals surface area contributed by atoms with Gasteiger partial charge in [-0.15, -0.1) is 0 Å². The fraction of sp³-hybridized carbons (Fsp3) is 0.368. The van der Waals surface area contributed by atoms with Crippen molar-refractivity contribution in [3.63, 3.8) is 0 Å². The van der Waals surface area contributed by atoms with Gasteiger partial charge in [0.25, 0.3) is 0 Å². The summed E-state index contributed by atoms with van der Waals surface area (Å²) < 4.78 is 10.7. The first-order chi connectivity index (χ1) is 11.8. The Morgan fingerprint density at radius 3 is 2.83 bits per heavy atom. The first-order valence-corrected chi connectivity index (χ1v) is 8.15. The predicted molar refractivity (Wildman–Crippen MR) is 91.2 cm³/mol. The number of pyridine rings is 1. The Morgan fingerprint density at radius 1 is 1.29 bits per heavy atom. The first kappa shape index (κ1) is 16.6. The molecule has 5 nitrogen and oxygen atoms in total. The second-order valence-electron chi connectivity index (χ2n) is 5.90. The molecule has 1 aromatic heterocycles. The molecule has 5 heteroatoms. The van der Waals surface area contributed by atoms with Gasteiger partial charge in [-0.25, -0.2) is 4.98 Å². The van der Waals surface area contributed by atoms with Crippen molar-refractivity contribution in [1.82, 2.24) is 9.88 Å². The third-order valence-corrected chi connectivity index (χ3v) is 4.26. The molecule has 2 aromatic rings. The Labute approximate surface area is 142 Å². The van der Waals surface area contributed by atoms with Gasteiger partial charge in [0.2, 0.25) is 5.88 Å². The number of carbonyl (C=O) groups excluding carboxylic acids is 1. The summed E-state index contributed by atoms with van der Waals surface area (Å²) in [7, 11) is 1.61. The highest BCUT2D eigenvalue weighted by atomic mass is 16.5. The van der Waals surface area contributed by atoms with Crippen molar-refractivity contribution in [2.45, 2.75) is 19.0 Å². The number of ether oxygens (including phenoxy) is 2. The Kier molecular flexibility index (Phi) is 5.56. The minimum Gasteiger partial charge on any atom is -0.481 e. The van der Waals surface area contributed by atoms with Crippen LogP contribution in [-0.2, 0) is 11.3 Å². The van der Waals surface area contributed by atoms with Crippen LogP contribution in [0.4, 0.5) is 0 Å². The highest BCUT2D eigenvalue weighted by Crippen LogP contribution is 2.18. The lowest BCUT2D eigenvalue weighted by molar-refractivity contribution is -0.0126. The van der Waals surface area contributed by atoms with E-state index in [0.29, 0.717) is 25.5 Å². The van der Waals surface area contributed by atoms with E-state index >= 15 is 0 Å². The van der Waals surface area contributed by atoms with Crippen LogP contribution < -0.4 is 4.74 Å². The molecule has 3 rings (SSSR count). The number of aromatic nitrogens is 1. The number of morpholine rings is 1. The van der Waals surface area contributed by atoms with Gasteiger partial charge in [0.15, 0.2) is 5.78 Å². The van der Waals surface area contributed by atoms with Crippen molar-refractivity contribution in [2.24, 2.45) is 0 Å². The van der Waals surface area contributed by atoms with Gasteiger partial charge in [-0.3, -0.25) is 9.69 Å². The summed E-state index contributed by atoms with van der Waals surface area (Å²) in [6, 6.07) is 13.4. The second kappa shape index (κ2) is 8.04. The largest absolute Gasteiger partial charge is 0.481 e. The van der Waals surface area contributed by atoms with E-state index in [9.17, 15) is 4.79 Å². The molecular weight excluding hydrogens is 304 g/mol. The molecule has 0 saturated carbocycles. The van der Waals surface area contributed by atoms with Crippen molar-refractivity contribution in [1.29, 1.82) is 0 Å². The van der Waals surface area contributed by atoms with Gasteiger partial charge in [0, 0.05) is 43.4 Å². The van der Waals surface area contributed by atoms with Gasteiger partial charge in [0.1, 0.15) is 0 Å². The number of rotatable bonds is 6. The average Bonchev–Trinajstić information content (AvgIpc) is 2.64. The van der Waals surface area contributed by atoms with Gasteiger partial charge in [-0.05, 0) is 5.56 Å². The van der Waals surface area contributed by atoms with E-state index in [-0.39, 0.29) is 11.8 Å². The zero-order chi connectivity index (χ0) is 16.8. The van der Waals surface area contributed by atoms with Crippen LogP contribution in [0.5, 0.6) is 5.88 Å². The third kappa shape index (κ3) is 4.19. The Hall–Kier alpha value is -2.24. The smallest absolute Gasteiger partial charge is 0.212 e. The molecule has 1 saturated heterocycles. The summed E-state index contributed by atoms with van der Waals surface area (Å²) in [5.41, 5.74) is 1.86. The summed E-state index contributed by atoms with van der Waals surface area (Å²) >= 11 is 0. The van der Waals surface area contributed by atoms with E-state index in [1.54, 1.807) is 7.11 Å². The Balaban J connectivity index is 1.65. The molecule has 0 radical (unpaired) electrons. The molecule has 2 heterocycles. The fourth-order valence-corrected chi connectivity index (χ4v) is 2.90. The van der Waals surface area contributed by atoms with E-state index in [0.717, 1.165) is 24.2 Å². The number of Topliss-reactive ketones (excluding diaryl/α,β-unsaturated/α-hetero) is 1. The monoisotopic (exact) mass is 326 g/mol. The van der Waals surface area contributed by atoms with Gasteiger partial charge in [0.05, 0.1) is 20.3 Å². The second-order valence-corrected chi connectivity index (χ2v) is 5.90. The molecule has 1 atom stereocenters. The van der Waals surface area contributed by atoms with Crippen LogP contribution in [0.3, 0.4) is 0 Å². The molecule has 0 bridgehead atoms. The standard InChI is InChI=1S/C19H22N2O3/c1-23-19-8-7-15(12-20-19)13-21-9-10-24-14-17(21)11-18(22)16-5-3-2-4-6-16/h2-8,12,17H,9-11,13-14H2,1H3/t17-/m1/s1. The van der Waals surface area contributed by atoms with Crippen molar-refractivity contribution < 1.29 is 14.3 Å². The normalized spacial score (nSPS) is 18.3. The van der Waals surface area contributed by atoms with Crippen LogP contribution in [0.1, 0.15) is 22.3 Å². The molecular formula is C19H22N2O3. The van der Waals surface area contributed by atoms with E-state index in [1.165, 1.54) is 0 Å². The lowest BCUT2D eigenvalue weighted by Crippen LogP contribution is -2.45. The Morgan fingerprint density at radius 2 is 2.12 bits per heavy atom. The fourth-order valence-electron chi connectivity index (χ4n) is 2.90. The van der Waals surface area contributed by atoms with Crippen molar-refractivity contribution in [3.05, 3.63) is 59.8 Å². The maximum atomic E-state index is 12.5. The third-order valence-electron chi connectivity index (χ3n) is 4.26. The van der Waals surface area contributed by atoms with Crippen LogP contribution in [0.2, 0.25) is 0 Å². The SMILES string of the molecule is COc1ccc(CN2CCOC[C@H]2CC(=O)c2ccccc2)cn1. The number of carbonyl (C=O) groups is 1.